The van der Waals surface area contributed by atoms with E-state index in [0.717, 1.165) is 0 Å². The summed E-state index contributed by atoms with van der Waals surface area (Å²) in [5, 5.41) is 11.6. The smallest absolute Gasteiger partial charge is 0.243 e. The lowest BCUT2D eigenvalue weighted by molar-refractivity contribution is -0.136. The summed E-state index contributed by atoms with van der Waals surface area (Å²) in [5.74, 6) is -7.09. The second-order valence-corrected chi connectivity index (χ2v) is 7.97. The highest BCUT2D eigenvalue weighted by Crippen LogP contribution is 2.02. The van der Waals surface area contributed by atoms with Crippen LogP contribution >= 0.6 is 0 Å². The molecule has 0 spiro atoms. The molecule has 11 N–H and O–H groups in total. The fourth-order valence-corrected chi connectivity index (χ4v) is 3.10. The number of primary amides is 3. The second-order valence-electron chi connectivity index (χ2n) is 7.97. The average Bonchev–Trinajstić information content (AvgIpc) is 2.70. The largest absolute Gasteiger partial charge is 0.370 e. The molecular formula is C19H30N8O8. The summed E-state index contributed by atoms with van der Waals surface area (Å²) in [7, 11) is 0. The lowest BCUT2D eigenvalue weighted by atomic mass is 10.1. The van der Waals surface area contributed by atoms with Gasteiger partial charge in [-0.25, -0.2) is 0 Å². The Morgan fingerprint density at radius 1 is 0.686 bits per heavy atom. The van der Waals surface area contributed by atoms with Crippen molar-refractivity contribution < 1.29 is 38.4 Å². The minimum absolute atomic E-state index is 0.120. The van der Waals surface area contributed by atoms with Gasteiger partial charge in [-0.1, -0.05) is 0 Å². The quantitative estimate of drug-likeness (QED) is 0.174. The van der Waals surface area contributed by atoms with Gasteiger partial charge < -0.3 is 43.8 Å². The first-order valence-electron chi connectivity index (χ1n) is 10.6. The normalized spacial score (nSPS) is 25.1. The lowest BCUT2D eigenvalue weighted by Crippen LogP contribution is -2.58. The fourth-order valence-electron chi connectivity index (χ4n) is 3.10. The van der Waals surface area contributed by atoms with Gasteiger partial charge in [0.25, 0.3) is 0 Å². The van der Waals surface area contributed by atoms with E-state index in [1.807, 2.05) is 0 Å². The summed E-state index contributed by atoms with van der Waals surface area (Å²) in [6.45, 7) is 1.37. The third-order valence-corrected chi connectivity index (χ3v) is 4.69. The number of hydrogen-bond acceptors (Lipinski definition) is 8. The summed E-state index contributed by atoms with van der Waals surface area (Å²) in [6, 6.07) is -5.39. The molecule has 0 aromatic carbocycles. The van der Waals surface area contributed by atoms with Crippen molar-refractivity contribution in [3.8, 4) is 0 Å². The maximum atomic E-state index is 12.8. The SMILES string of the molecule is C[C@H]1CC(=O)NCCC(=O)N[C@H](CC(N)=O)C(=O)N[C@@H](CC(N)=O)C(=O)N[C@H](CC(N)=O)C(=O)N1. The Kier molecular flexibility index (Phi) is 11.1. The molecule has 0 aromatic heterocycles. The molecule has 0 bridgehead atoms. The highest BCUT2D eigenvalue weighted by molar-refractivity contribution is 5.98. The van der Waals surface area contributed by atoms with Gasteiger partial charge in [-0.3, -0.25) is 38.4 Å². The van der Waals surface area contributed by atoms with Gasteiger partial charge in [0.2, 0.25) is 47.3 Å². The van der Waals surface area contributed by atoms with Crippen molar-refractivity contribution in [2.45, 2.75) is 63.2 Å². The Balaban J connectivity index is 3.30. The molecule has 16 nitrogen and oxygen atoms in total. The van der Waals surface area contributed by atoms with Crippen LogP contribution in [0.3, 0.4) is 0 Å². The predicted octanol–water partition coefficient (Wildman–Crippen LogP) is -5.52. The van der Waals surface area contributed by atoms with Crippen LogP contribution in [-0.2, 0) is 38.4 Å². The Labute approximate surface area is 199 Å². The molecule has 1 heterocycles. The van der Waals surface area contributed by atoms with Crippen LogP contribution in [0, 0.1) is 0 Å². The summed E-state index contributed by atoms with van der Waals surface area (Å²) in [6.07, 6.45) is -2.44. The maximum absolute atomic E-state index is 12.8. The van der Waals surface area contributed by atoms with Gasteiger partial charge in [-0.2, -0.15) is 0 Å². The summed E-state index contributed by atoms with van der Waals surface area (Å²) in [4.78, 5) is 96.7. The Morgan fingerprint density at radius 3 is 1.51 bits per heavy atom. The number of nitrogens with two attached hydrogens (primary N) is 3. The van der Waals surface area contributed by atoms with Crippen LogP contribution in [0.4, 0.5) is 0 Å². The molecule has 0 saturated carbocycles. The van der Waals surface area contributed by atoms with E-state index in [1.54, 1.807) is 0 Å². The molecule has 0 radical (unpaired) electrons. The molecule has 8 amide bonds. The van der Waals surface area contributed by atoms with Crippen molar-refractivity contribution in [2.75, 3.05) is 6.54 Å². The van der Waals surface area contributed by atoms with Crippen LogP contribution in [0.2, 0.25) is 0 Å². The zero-order valence-corrected chi connectivity index (χ0v) is 19.1. The van der Waals surface area contributed by atoms with Crippen LogP contribution in [0.15, 0.2) is 0 Å². The predicted molar refractivity (Wildman–Crippen MR) is 117 cm³/mol. The van der Waals surface area contributed by atoms with Crippen molar-refractivity contribution >= 4 is 47.3 Å². The molecule has 16 heteroatoms. The molecule has 1 aliphatic heterocycles. The molecule has 1 fully saturated rings. The minimum atomic E-state index is -1.63. The number of amides is 8. The van der Waals surface area contributed by atoms with Gasteiger partial charge in [0.05, 0.1) is 19.3 Å². The standard InChI is InChI=1S/C19H30N8O8/c1-8-4-16(32)23-3-2-15(31)25-9(5-12(20)28)18(34)27-11(7-14(22)30)19(35)26-10(6-13(21)29)17(33)24-8/h8-11H,2-7H2,1H3,(H2,20,28)(H2,21,29)(H2,22,30)(H,23,32)(H,24,33)(H,25,31)(H,26,35)(H,27,34)/t8-,9+,10+,11-/m0/s1. The Bertz CT molecular complexity index is 892. The van der Waals surface area contributed by atoms with Gasteiger partial charge in [0.15, 0.2) is 0 Å². The van der Waals surface area contributed by atoms with Crippen molar-refractivity contribution in [1.29, 1.82) is 0 Å². The molecular weight excluding hydrogens is 468 g/mol. The van der Waals surface area contributed by atoms with E-state index in [9.17, 15) is 38.4 Å². The molecule has 0 unspecified atom stereocenters. The fraction of sp³-hybridized carbons (Fsp3) is 0.579. The zero-order valence-electron chi connectivity index (χ0n) is 19.1. The summed E-state index contributed by atoms with van der Waals surface area (Å²) in [5.41, 5.74) is 15.4. The first kappa shape index (κ1) is 28.8. The summed E-state index contributed by atoms with van der Waals surface area (Å²) < 4.78 is 0. The van der Waals surface area contributed by atoms with Gasteiger partial charge in [-0.05, 0) is 6.92 Å². The van der Waals surface area contributed by atoms with Crippen LogP contribution in [0.25, 0.3) is 0 Å². The number of rotatable bonds is 6. The average molecular weight is 498 g/mol. The van der Waals surface area contributed by atoms with Crippen molar-refractivity contribution in [1.82, 2.24) is 26.6 Å². The maximum Gasteiger partial charge on any atom is 0.243 e. The molecule has 0 aliphatic carbocycles. The van der Waals surface area contributed by atoms with Gasteiger partial charge in [0, 0.05) is 25.4 Å². The van der Waals surface area contributed by atoms with E-state index < -0.39 is 90.7 Å². The second kappa shape index (κ2) is 13.5. The molecule has 1 rings (SSSR count). The summed E-state index contributed by atoms with van der Waals surface area (Å²) >= 11 is 0. The Hall–Kier alpha value is -4.24. The van der Waals surface area contributed by atoms with Gasteiger partial charge >= 0.3 is 0 Å². The van der Waals surface area contributed by atoms with Crippen LogP contribution in [-0.4, -0.2) is 78.0 Å². The van der Waals surface area contributed by atoms with Crippen LogP contribution in [0.5, 0.6) is 0 Å². The van der Waals surface area contributed by atoms with Crippen LogP contribution < -0.4 is 43.8 Å². The topological polar surface area (TPSA) is 275 Å². The van der Waals surface area contributed by atoms with E-state index in [0.29, 0.717) is 0 Å². The molecule has 1 aliphatic rings. The zero-order chi connectivity index (χ0) is 26.7. The molecule has 35 heavy (non-hydrogen) atoms. The molecule has 194 valence electrons. The number of nitrogens with one attached hydrogen (secondary N) is 5. The van der Waals surface area contributed by atoms with Crippen molar-refractivity contribution in [2.24, 2.45) is 17.2 Å². The van der Waals surface area contributed by atoms with E-state index in [1.165, 1.54) is 6.92 Å². The highest BCUT2D eigenvalue weighted by Gasteiger charge is 2.32. The lowest BCUT2D eigenvalue weighted by Gasteiger charge is -2.24. The minimum Gasteiger partial charge on any atom is -0.370 e. The number of carbonyl (C=O) groups excluding carboxylic acids is 8. The first-order valence-corrected chi connectivity index (χ1v) is 10.6. The molecule has 0 aromatic rings. The Morgan fingerprint density at radius 2 is 1.09 bits per heavy atom. The number of hydrogen-bond donors (Lipinski definition) is 8. The number of carbonyl (C=O) groups is 8. The third-order valence-electron chi connectivity index (χ3n) is 4.69. The van der Waals surface area contributed by atoms with Crippen molar-refractivity contribution in [3.63, 3.8) is 0 Å². The molecule has 1 saturated heterocycles. The van der Waals surface area contributed by atoms with E-state index in [2.05, 4.69) is 26.6 Å². The first-order chi connectivity index (χ1) is 16.3. The van der Waals surface area contributed by atoms with E-state index >= 15 is 0 Å². The van der Waals surface area contributed by atoms with Gasteiger partial charge in [0.1, 0.15) is 18.1 Å². The third kappa shape index (κ3) is 11.0. The molecule has 4 atom stereocenters. The van der Waals surface area contributed by atoms with Crippen LogP contribution in [0.1, 0.15) is 39.0 Å². The van der Waals surface area contributed by atoms with Crippen molar-refractivity contribution in [3.05, 3.63) is 0 Å². The van der Waals surface area contributed by atoms with Gasteiger partial charge in [-0.15, -0.1) is 0 Å². The monoisotopic (exact) mass is 498 g/mol. The van der Waals surface area contributed by atoms with E-state index in [-0.39, 0.29) is 19.4 Å². The highest BCUT2D eigenvalue weighted by atomic mass is 16.2. The van der Waals surface area contributed by atoms with E-state index in [4.69, 9.17) is 17.2 Å².